The average Bonchev–Trinajstić information content (AvgIpc) is 3.68. The zero-order valence-corrected chi connectivity index (χ0v) is 34.3. The number of aliphatic imine (C=N–C) groups is 1. The first-order valence-corrected chi connectivity index (χ1v) is 22.4. The van der Waals surface area contributed by atoms with Crippen molar-refractivity contribution in [1.82, 2.24) is 9.97 Å². The number of benzene rings is 6. The van der Waals surface area contributed by atoms with E-state index in [1.54, 1.807) is 30.4 Å². The van der Waals surface area contributed by atoms with Crippen molar-refractivity contribution in [2.24, 2.45) is 4.99 Å². The first-order chi connectivity index (χ1) is 29.5. The van der Waals surface area contributed by atoms with Gasteiger partial charge in [-0.3, -0.25) is 9.98 Å². The van der Waals surface area contributed by atoms with Crippen LogP contribution in [0.2, 0.25) is 0 Å². The summed E-state index contributed by atoms with van der Waals surface area (Å²) in [7, 11) is -3.43. The Bertz CT molecular complexity index is 3320. The number of furan rings is 1. The van der Waals surface area contributed by atoms with Crippen LogP contribution in [-0.2, 0) is 9.98 Å². The van der Waals surface area contributed by atoms with E-state index in [0.29, 0.717) is 0 Å². The number of nitrogens with zero attached hydrogens (tertiary/aromatic N) is 3. The van der Waals surface area contributed by atoms with Gasteiger partial charge in [0.2, 0.25) is 0 Å². The van der Waals surface area contributed by atoms with Crippen molar-refractivity contribution < 1.29 is 8.98 Å². The van der Waals surface area contributed by atoms with Gasteiger partial charge in [0.15, 0.2) is 7.14 Å². The van der Waals surface area contributed by atoms with E-state index >= 15 is 4.57 Å². The number of hydrogen-bond donors (Lipinski definition) is 0. The van der Waals surface area contributed by atoms with Crippen LogP contribution in [0.25, 0.3) is 49.9 Å². The summed E-state index contributed by atoms with van der Waals surface area (Å²) in [5.74, 6) is 0. The molecule has 2 aliphatic rings. The molecule has 0 saturated carbocycles. The van der Waals surface area contributed by atoms with Gasteiger partial charge in [-0.15, -0.1) is 0 Å². The highest BCUT2D eigenvalue weighted by Gasteiger charge is 2.54. The Labute approximate surface area is 352 Å². The molecule has 9 aromatic rings. The second-order valence-corrected chi connectivity index (χ2v) is 18.9. The summed E-state index contributed by atoms with van der Waals surface area (Å²) in [5, 5.41) is 4.49. The third kappa shape index (κ3) is 5.34. The van der Waals surface area contributed by atoms with Gasteiger partial charge in [0.1, 0.15) is 11.2 Å². The van der Waals surface area contributed by atoms with Crippen molar-refractivity contribution in [1.29, 1.82) is 0 Å². The lowest BCUT2D eigenvalue weighted by atomic mass is 9.64. The molecule has 1 spiro atoms. The van der Waals surface area contributed by atoms with Crippen LogP contribution in [0, 0.1) is 0 Å². The number of aromatic nitrogens is 2. The molecule has 7 heteroatoms. The summed E-state index contributed by atoms with van der Waals surface area (Å²) in [4.78, 5) is 15.6. The van der Waals surface area contributed by atoms with Gasteiger partial charge >= 0.3 is 0 Å². The number of hydrogen-bond acceptors (Lipinski definition) is 6. The van der Waals surface area contributed by atoms with Gasteiger partial charge in [-0.25, -0.2) is 4.98 Å². The fraction of sp³-hybridized carbons (Fsp3) is 0.0377. The molecule has 0 saturated heterocycles. The van der Waals surface area contributed by atoms with Gasteiger partial charge in [0.05, 0.1) is 16.8 Å². The van der Waals surface area contributed by atoms with Crippen LogP contribution in [0.1, 0.15) is 34.9 Å². The molecule has 6 aromatic carbocycles. The maximum atomic E-state index is 16.5. The summed E-state index contributed by atoms with van der Waals surface area (Å²) >= 11 is 1.79. The molecule has 11 rings (SSSR count). The van der Waals surface area contributed by atoms with Gasteiger partial charge < -0.3 is 8.98 Å². The first kappa shape index (κ1) is 36.2. The molecule has 0 radical (unpaired) electrons. The first-order valence-electron chi connectivity index (χ1n) is 19.9. The summed E-state index contributed by atoms with van der Waals surface area (Å²) in [5.41, 5.74) is 10.8. The highest BCUT2D eigenvalue weighted by molar-refractivity contribution is 7.99. The smallest absolute Gasteiger partial charge is 0.171 e. The summed E-state index contributed by atoms with van der Waals surface area (Å²) < 4.78 is 23.0. The van der Waals surface area contributed by atoms with Gasteiger partial charge in [-0.2, -0.15) is 0 Å². The van der Waals surface area contributed by atoms with Crippen molar-refractivity contribution in [3.05, 3.63) is 216 Å². The molecule has 3 aromatic heterocycles. The molecule has 5 heterocycles. The van der Waals surface area contributed by atoms with E-state index in [4.69, 9.17) is 9.40 Å². The molecule has 2 aliphatic heterocycles. The molecule has 0 amide bonds. The average molecular weight is 810 g/mol. The fourth-order valence-electron chi connectivity index (χ4n) is 9.36. The molecule has 0 bridgehead atoms. The van der Waals surface area contributed by atoms with Crippen molar-refractivity contribution in [2.45, 2.75) is 22.1 Å². The summed E-state index contributed by atoms with van der Waals surface area (Å²) in [6.07, 6.45) is 9.26. The SMILES string of the molecule is C=N/C=C\C(=C/C)c1cc(-c2ccc3c(c2)Sc2ccccc2C32c3ccccc3P(=O)(c3ccccc3)c3cc4oc5ccccc5c4cc32)cc(-c2ccncc2)n1. The van der Waals surface area contributed by atoms with Crippen LogP contribution in [0.4, 0.5) is 0 Å². The van der Waals surface area contributed by atoms with Crippen molar-refractivity contribution in [3.63, 3.8) is 0 Å². The van der Waals surface area contributed by atoms with Crippen molar-refractivity contribution in [2.75, 3.05) is 0 Å². The zero-order chi connectivity index (χ0) is 40.4. The minimum atomic E-state index is -3.43. The monoisotopic (exact) mass is 809 g/mol. The lowest BCUT2D eigenvalue weighted by Crippen LogP contribution is -2.48. The normalized spacial score (nSPS) is 18.0. The second kappa shape index (κ2) is 14.2. The molecular formula is C53H36N3O2PS. The largest absolute Gasteiger partial charge is 0.456 e. The minimum absolute atomic E-state index is 0.729. The van der Waals surface area contributed by atoms with Crippen LogP contribution in [-0.4, -0.2) is 16.7 Å². The molecule has 0 aliphatic carbocycles. The van der Waals surface area contributed by atoms with Crippen molar-refractivity contribution in [3.8, 4) is 22.4 Å². The van der Waals surface area contributed by atoms with E-state index in [2.05, 4.69) is 114 Å². The van der Waals surface area contributed by atoms with E-state index in [1.165, 1.54) is 5.56 Å². The van der Waals surface area contributed by atoms with E-state index < -0.39 is 12.6 Å². The highest BCUT2D eigenvalue weighted by atomic mass is 32.2. The number of allylic oxidation sites excluding steroid dienone is 3. The third-order valence-electron chi connectivity index (χ3n) is 12.0. The maximum Gasteiger partial charge on any atom is 0.171 e. The summed E-state index contributed by atoms with van der Waals surface area (Å²) in [6, 6.07) is 54.8. The predicted molar refractivity (Wildman–Crippen MR) is 248 cm³/mol. The van der Waals surface area contributed by atoms with E-state index in [-0.39, 0.29) is 0 Å². The lowest BCUT2D eigenvalue weighted by Gasteiger charge is -2.47. The van der Waals surface area contributed by atoms with Gasteiger partial charge in [0, 0.05) is 60.6 Å². The maximum absolute atomic E-state index is 16.5. The Kier molecular flexibility index (Phi) is 8.56. The Morgan fingerprint density at radius 1 is 0.667 bits per heavy atom. The Morgan fingerprint density at radius 2 is 1.42 bits per heavy atom. The third-order valence-corrected chi connectivity index (χ3v) is 16.3. The van der Waals surface area contributed by atoms with E-state index in [1.807, 2.05) is 79.7 Å². The van der Waals surface area contributed by atoms with Gasteiger partial charge in [0.25, 0.3) is 0 Å². The van der Waals surface area contributed by atoms with Crippen LogP contribution in [0.15, 0.2) is 208 Å². The predicted octanol–water partition coefficient (Wildman–Crippen LogP) is 12.1. The standard InChI is InChI=1S/C53H36N3O2PS/c1-3-34(23-26-54-2)45-29-37(30-46(56-45)35-24-27-55-28-25-35)36-21-22-43-52(31-36)60-51-20-12-9-17-42(51)53(43)41-16-8-11-19-49(41)59(57,38-13-5-4-6-14-38)50-33-48-40(32-44(50)53)39-15-7-10-18-47(39)58-48/h3-33H,2H2,1H3/b26-23-,34-3+. The molecule has 0 N–H and O–H groups in total. The zero-order valence-electron chi connectivity index (χ0n) is 32.6. The quantitative estimate of drug-likeness (QED) is 0.0950. The fourth-order valence-corrected chi connectivity index (χ4v) is 13.7. The molecule has 60 heavy (non-hydrogen) atoms. The Morgan fingerprint density at radius 3 is 2.25 bits per heavy atom. The lowest BCUT2D eigenvalue weighted by molar-refractivity contribution is 0.589. The number of pyridine rings is 2. The number of rotatable bonds is 6. The molecule has 286 valence electrons. The van der Waals surface area contributed by atoms with Crippen LogP contribution < -0.4 is 15.9 Å². The molecule has 0 fully saturated rings. The van der Waals surface area contributed by atoms with Crippen LogP contribution >= 0.6 is 18.9 Å². The van der Waals surface area contributed by atoms with Gasteiger partial charge in [-0.05, 0) is 113 Å². The molecule has 5 nitrogen and oxygen atoms in total. The number of fused-ring (bicyclic) bond motifs is 11. The minimum Gasteiger partial charge on any atom is -0.456 e. The molecule has 2 unspecified atom stereocenters. The van der Waals surface area contributed by atoms with E-state index in [9.17, 15) is 0 Å². The number of para-hydroxylation sites is 1. The van der Waals surface area contributed by atoms with Crippen molar-refractivity contribution >= 4 is 69.0 Å². The second-order valence-electron chi connectivity index (χ2n) is 15.1. The Hall–Kier alpha value is -6.85. The topological polar surface area (TPSA) is 68.3 Å². The molecular weight excluding hydrogens is 774 g/mol. The van der Waals surface area contributed by atoms with Crippen LogP contribution in [0.3, 0.4) is 0 Å². The van der Waals surface area contributed by atoms with Gasteiger partial charge in [-0.1, -0.05) is 121 Å². The Balaban J connectivity index is 1.22. The van der Waals surface area contributed by atoms with E-state index in [0.717, 1.165) is 98.0 Å². The summed E-state index contributed by atoms with van der Waals surface area (Å²) in [6.45, 7) is 5.65. The highest BCUT2D eigenvalue weighted by Crippen LogP contribution is 2.62. The van der Waals surface area contributed by atoms with Crippen LogP contribution in [0.5, 0.6) is 0 Å². The molecule has 2 atom stereocenters.